The first kappa shape index (κ1) is 14.2. The predicted molar refractivity (Wildman–Crippen MR) is 81.0 cm³/mol. The topological polar surface area (TPSA) is 52.6 Å². The van der Waals surface area contributed by atoms with Crippen molar-refractivity contribution in [1.82, 2.24) is 0 Å². The SMILES string of the molecule is CO[C@@H]1OC(=O)C(c2ccccc2)=C1C(=O)c1ccccc1. The van der Waals surface area contributed by atoms with E-state index in [1.54, 1.807) is 48.5 Å². The maximum Gasteiger partial charge on any atom is 0.341 e. The number of hydrogen-bond donors (Lipinski definition) is 0. The lowest BCUT2D eigenvalue weighted by Gasteiger charge is -2.11. The second-order valence-corrected chi connectivity index (χ2v) is 4.82. The normalized spacial score (nSPS) is 17.5. The van der Waals surface area contributed by atoms with Gasteiger partial charge in [0.15, 0.2) is 5.78 Å². The maximum absolute atomic E-state index is 12.8. The molecule has 2 aromatic rings. The summed E-state index contributed by atoms with van der Waals surface area (Å²) in [6.07, 6.45) is -0.976. The smallest absolute Gasteiger partial charge is 0.341 e. The van der Waals surface area contributed by atoms with Gasteiger partial charge in [-0.25, -0.2) is 4.79 Å². The summed E-state index contributed by atoms with van der Waals surface area (Å²) >= 11 is 0. The zero-order chi connectivity index (χ0) is 15.5. The summed E-state index contributed by atoms with van der Waals surface area (Å²) in [6, 6.07) is 17.8. The highest BCUT2D eigenvalue weighted by molar-refractivity contribution is 6.29. The van der Waals surface area contributed by atoms with Crippen molar-refractivity contribution in [3.05, 3.63) is 77.4 Å². The minimum atomic E-state index is -0.976. The van der Waals surface area contributed by atoms with Crippen molar-refractivity contribution in [2.75, 3.05) is 7.11 Å². The summed E-state index contributed by atoms with van der Waals surface area (Å²) in [6.45, 7) is 0. The molecule has 0 bridgehead atoms. The van der Waals surface area contributed by atoms with Crippen LogP contribution < -0.4 is 0 Å². The van der Waals surface area contributed by atoms with Crippen LogP contribution in [0.15, 0.2) is 66.2 Å². The van der Waals surface area contributed by atoms with Crippen LogP contribution in [-0.4, -0.2) is 25.2 Å². The Balaban J connectivity index is 2.15. The lowest BCUT2D eigenvalue weighted by atomic mass is 9.95. The number of hydrogen-bond acceptors (Lipinski definition) is 4. The molecule has 0 saturated heterocycles. The monoisotopic (exact) mass is 294 g/mol. The molecule has 4 heteroatoms. The van der Waals surface area contributed by atoms with Gasteiger partial charge in [0.1, 0.15) is 0 Å². The van der Waals surface area contributed by atoms with Crippen LogP contribution in [-0.2, 0) is 14.3 Å². The number of esters is 1. The number of methoxy groups -OCH3 is 1. The van der Waals surface area contributed by atoms with Crippen LogP contribution in [0.3, 0.4) is 0 Å². The zero-order valence-corrected chi connectivity index (χ0v) is 12.0. The van der Waals surface area contributed by atoms with Crippen molar-refractivity contribution < 1.29 is 19.1 Å². The predicted octanol–water partition coefficient (Wildman–Crippen LogP) is 2.85. The van der Waals surface area contributed by atoms with Gasteiger partial charge in [-0.15, -0.1) is 0 Å². The van der Waals surface area contributed by atoms with E-state index in [9.17, 15) is 9.59 Å². The first-order valence-electron chi connectivity index (χ1n) is 6.85. The summed E-state index contributed by atoms with van der Waals surface area (Å²) in [5.41, 5.74) is 1.64. The van der Waals surface area contributed by atoms with E-state index in [-0.39, 0.29) is 16.9 Å². The summed E-state index contributed by atoms with van der Waals surface area (Å²) in [5.74, 6) is -0.811. The Labute approximate surface area is 128 Å². The van der Waals surface area contributed by atoms with E-state index in [2.05, 4.69) is 0 Å². The van der Waals surface area contributed by atoms with Gasteiger partial charge in [0.2, 0.25) is 6.29 Å². The van der Waals surface area contributed by atoms with Crippen molar-refractivity contribution in [2.45, 2.75) is 6.29 Å². The Bertz CT molecular complexity index is 732. The minimum absolute atomic E-state index is 0.241. The van der Waals surface area contributed by atoms with Crippen molar-refractivity contribution in [1.29, 1.82) is 0 Å². The molecule has 0 N–H and O–H groups in total. The summed E-state index contributed by atoms with van der Waals surface area (Å²) in [5, 5.41) is 0. The average Bonchev–Trinajstić information content (AvgIpc) is 2.92. The van der Waals surface area contributed by atoms with Gasteiger partial charge in [0.25, 0.3) is 0 Å². The van der Waals surface area contributed by atoms with E-state index < -0.39 is 12.3 Å². The van der Waals surface area contributed by atoms with Gasteiger partial charge in [-0.05, 0) is 5.56 Å². The quantitative estimate of drug-likeness (QED) is 0.642. The molecule has 1 atom stereocenters. The Kier molecular flexibility index (Phi) is 3.85. The van der Waals surface area contributed by atoms with E-state index in [1.807, 2.05) is 12.1 Å². The summed E-state index contributed by atoms with van der Waals surface area (Å²) in [4.78, 5) is 25.0. The number of benzene rings is 2. The molecule has 0 spiro atoms. The van der Waals surface area contributed by atoms with Gasteiger partial charge in [-0.3, -0.25) is 4.79 Å². The highest BCUT2D eigenvalue weighted by atomic mass is 16.7. The Morgan fingerprint density at radius 1 is 1.00 bits per heavy atom. The number of Topliss-reactive ketones (excluding diaryl/α,β-unsaturated/α-hetero) is 1. The molecule has 0 aromatic heterocycles. The molecule has 1 aliphatic heterocycles. The molecule has 0 amide bonds. The van der Waals surface area contributed by atoms with Crippen LogP contribution in [0.5, 0.6) is 0 Å². The molecule has 3 rings (SSSR count). The average molecular weight is 294 g/mol. The van der Waals surface area contributed by atoms with Gasteiger partial charge >= 0.3 is 5.97 Å². The second-order valence-electron chi connectivity index (χ2n) is 4.82. The standard InChI is InChI=1S/C18H14O4/c1-21-18-15(16(19)13-10-6-3-7-11-13)14(17(20)22-18)12-8-4-2-5-9-12/h2-11,18H,1H3/t18-/m1/s1. The van der Waals surface area contributed by atoms with E-state index in [1.165, 1.54) is 7.11 Å². The van der Waals surface area contributed by atoms with Crippen LogP contribution in [0.4, 0.5) is 0 Å². The third kappa shape index (κ3) is 2.44. The number of cyclic esters (lactones) is 1. The molecule has 22 heavy (non-hydrogen) atoms. The van der Waals surface area contributed by atoms with E-state index >= 15 is 0 Å². The van der Waals surface area contributed by atoms with Gasteiger partial charge < -0.3 is 9.47 Å². The highest BCUT2D eigenvalue weighted by Crippen LogP contribution is 2.33. The van der Waals surface area contributed by atoms with Crippen molar-refractivity contribution >= 4 is 17.3 Å². The Morgan fingerprint density at radius 2 is 1.59 bits per heavy atom. The fourth-order valence-electron chi connectivity index (χ4n) is 2.45. The van der Waals surface area contributed by atoms with Crippen molar-refractivity contribution in [2.24, 2.45) is 0 Å². The van der Waals surface area contributed by atoms with Crippen LogP contribution in [0.25, 0.3) is 5.57 Å². The van der Waals surface area contributed by atoms with Crippen molar-refractivity contribution in [3.63, 3.8) is 0 Å². The highest BCUT2D eigenvalue weighted by Gasteiger charge is 2.39. The van der Waals surface area contributed by atoms with Crippen LogP contribution >= 0.6 is 0 Å². The molecule has 0 saturated carbocycles. The van der Waals surface area contributed by atoms with Gasteiger partial charge in [-0.1, -0.05) is 60.7 Å². The zero-order valence-electron chi connectivity index (χ0n) is 12.0. The largest absolute Gasteiger partial charge is 0.427 e. The van der Waals surface area contributed by atoms with Crippen LogP contribution in [0, 0.1) is 0 Å². The van der Waals surface area contributed by atoms with E-state index in [4.69, 9.17) is 9.47 Å². The molecule has 2 aromatic carbocycles. The Hall–Kier alpha value is -2.72. The fraction of sp³-hybridized carbons (Fsp3) is 0.111. The molecule has 0 fully saturated rings. The summed E-state index contributed by atoms with van der Waals surface area (Å²) in [7, 11) is 1.41. The van der Waals surface area contributed by atoms with Crippen molar-refractivity contribution in [3.8, 4) is 0 Å². The second kappa shape index (κ2) is 5.95. The number of ketones is 1. The van der Waals surface area contributed by atoms with E-state index in [0.717, 1.165) is 0 Å². The number of carbonyl (C=O) groups excluding carboxylic acids is 2. The third-order valence-electron chi connectivity index (χ3n) is 3.48. The van der Waals surface area contributed by atoms with Crippen LogP contribution in [0.1, 0.15) is 15.9 Å². The lowest BCUT2D eigenvalue weighted by molar-refractivity contribution is -0.154. The fourth-order valence-corrected chi connectivity index (χ4v) is 2.45. The molecular weight excluding hydrogens is 280 g/mol. The Morgan fingerprint density at radius 3 is 2.18 bits per heavy atom. The first-order chi connectivity index (χ1) is 10.7. The maximum atomic E-state index is 12.8. The number of carbonyl (C=O) groups is 2. The molecule has 0 radical (unpaired) electrons. The first-order valence-corrected chi connectivity index (χ1v) is 6.85. The molecule has 4 nitrogen and oxygen atoms in total. The van der Waals surface area contributed by atoms with Crippen LogP contribution in [0.2, 0.25) is 0 Å². The molecule has 110 valence electrons. The molecular formula is C18H14O4. The lowest BCUT2D eigenvalue weighted by Crippen LogP contribution is -2.19. The van der Waals surface area contributed by atoms with Gasteiger partial charge in [-0.2, -0.15) is 0 Å². The number of rotatable bonds is 4. The molecule has 0 aliphatic carbocycles. The molecule has 1 aliphatic rings. The molecule has 0 unspecified atom stereocenters. The van der Waals surface area contributed by atoms with Gasteiger partial charge in [0.05, 0.1) is 11.1 Å². The third-order valence-corrected chi connectivity index (χ3v) is 3.48. The minimum Gasteiger partial charge on any atom is -0.427 e. The molecule has 1 heterocycles. The summed E-state index contributed by atoms with van der Waals surface area (Å²) < 4.78 is 10.3. The van der Waals surface area contributed by atoms with E-state index in [0.29, 0.717) is 11.1 Å². The number of ether oxygens (including phenoxy) is 2. The van der Waals surface area contributed by atoms with Gasteiger partial charge in [0, 0.05) is 12.7 Å².